The van der Waals surface area contributed by atoms with Gasteiger partial charge in [0.05, 0.1) is 12.2 Å². The fraction of sp³-hybridized carbons (Fsp3) is 1.00. The topological polar surface area (TPSA) is 76.0 Å². The number of hydrogen-bond donors (Lipinski definition) is 2. The highest BCUT2D eigenvalue weighted by Gasteiger charge is 2.28. The summed E-state index contributed by atoms with van der Waals surface area (Å²) in [5.41, 5.74) is -0.951. The molecule has 5 nitrogen and oxygen atoms in total. The van der Waals surface area contributed by atoms with E-state index in [1.165, 1.54) is 21.0 Å². The molecule has 0 aliphatic rings. The van der Waals surface area contributed by atoms with Crippen LogP contribution in [0.15, 0.2) is 0 Å². The molecule has 0 aromatic heterocycles. The fourth-order valence-corrected chi connectivity index (χ4v) is 1.39. The zero-order valence-electron chi connectivity index (χ0n) is 6.77. The van der Waals surface area contributed by atoms with Gasteiger partial charge in [-0.2, -0.15) is 0 Å². The second-order valence-electron chi connectivity index (χ2n) is 2.77. The molecular weight excluding hydrogens is 171 g/mol. The first-order valence-corrected chi connectivity index (χ1v) is 4.55. The van der Waals surface area contributed by atoms with E-state index in [1.54, 1.807) is 0 Å². The molecule has 0 saturated heterocycles. The minimum atomic E-state index is -4.40. The molecule has 68 valence electrons. The van der Waals surface area contributed by atoms with Crippen LogP contribution in [0, 0.1) is 0 Å². The molecule has 0 saturated carbocycles. The lowest BCUT2D eigenvalue weighted by Crippen LogP contribution is -2.28. The minimum Gasteiger partial charge on any atom is -0.382 e. The maximum absolute atomic E-state index is 10.3. The Bertz CT molecular complexity index is 160. The third-order valence-corrected chi connectivity index (χ3v) is 1.59. The van der Waals surface area contributed by atoms with Crippen molar-refractivity contribution in [2.45, 2.75) is 19.4 Å². The normalized spacial score (nSPS) is 13.5. The van der Waals surface area contributed by atoms with Gasteiger partial charge >= 0.3 is 7.82 Å². The van der Waals surface area contributed by atoms with Crippen molar-refractivity contribution in [1.29, 1.82) is 0 Å². The molecule has 0 rings (SSSR count). The molecule has 0 aliphatic carbocycles. The van der Waals surface area contributed by atoms with Crippen LogP contribution < -0.4 is 0 Å². The van der Waals surface area contributed by atoms with E-state index in [9.17, 15) is 4.57 Å². The fourth-order valence-electron chi connectivity index (χ4n) is 0.696. The molecule has 0 heterocycles. The third kappa shape index (κ3) is 6.47. The highest BCUT2D eigenvalue weighted by Crippen LogP contribution is 2.41. The van der Waals surface area contributed by atoms with Crippen molar-refractivity contribution in [3.05, 3.63) is 0 Å². The van der Waals surface area contributed by atoms with Crippen LogP contribution in [0.2, 0.25) is 0 Å². The summed E-state index contributed by atoms with van der Waals surface area (Å²) in [5.74, 6) is 0. The zero-order chi connectivity index (χ0) is 9.12. The summed E-state index contributed by atoms with van der Waals surface area (Å²) < 4.78 is 19.4. The van der Waals surface area contributed by atoms with Crippen molar-refractivity contribution in [1.82, 2.24) is 0 Å². The highest BCUT2D eigenvalue weighted by molar-refractivity contribution is 7.46. The number of hydrogen-bond acceptors (Lipinski definition) is 3. The second-order valence-corrected chi connectivity index (χ2v) is 3.94. The predicted molar refractivity (Wildman–Crippen MR) is 39.1 cm³/mol. The first-order chi connectivity index (χ1) is 4.77. The molecule has 0 aliphatic heterocycles. The maximum Gasteiger partial charge on any atom is 0.470 e. The van der Waals surface area contributed by atoms with E-state index < -0.39 is 13.4 Å². The van der Waals surface area contributed by atoms with Crippen LogP contribution in [0.1, 0.15) is 13.8 Å². The molecule has 11 heavy (non-hydrogen) atoms. The minimum absolute atomic E-state index is 0.137. The van der Waals surface area contributed by atoms with Gasteiger partial charge in [0.2, 0.25) is 0 Å². The van der Waals surface area contributed by atoms with Gasteiger partial charge < -0.3 is 14.5 Å². The summed E-state index contributed by atoms with van der Waals surface area (Å²) in [6.07, 6.45) is 0. The molecular formula is C5H13O5P. The Kier molecular flexibility index (Phi) is 3.67. The molecule has 0 bridgehead atoms. The molecule has 0 radical (unpaired) electrons. The maximum atomic E-state index is 10.3. The molecule has 0 spiro atoms. The Morgan fingerprint density at radius 1 is 1.45 bits per heavy atom. The summed E-state index contributed by atoms with van der Waals surface area (Å²) in [6.45, 7) is 3.21. The number of phosphoric acid groups is 1. The van der Waals surface area contributed by atoms with Gasteiger partial charge in [0.25, 0.3) is 0 Å². The standard InChI is InChI=1S/C5H13O5P/c1-5(2,4-9-3)10-11(6,7)8/h4H2,1-3H3,(H2,6,7,8). The SMILES string of the molecule is COCC(C)(C)OP(=O)(O)O. The second kappa shape index (κ2) is 3.65. The average molecular weight is 184 g/mol. The Balaban J connectivity index is 4.02. The lowest BCUT2D eigenvalue weighted by molar-refractivity contribution is -0.00242. The van der Waals surface area contributed by atoms with Gasteiger partial charge in [0.15, 0.2) is 0 Å². The van der Waals surface area contributed by atoms with Crippen LogP contribution >= 0.6 is 7.82 Å². The first-order valence-electron chi connectivity index (χ1n) is 3.02. The van der Waals surface area contributed by atoms with E-state index in [0.29, 0.717) is 0 Å². The van der Waals surface area contributed by atoms with Crippen LogP contribution in [0.4, 0.5) is 0 Å². The molecule has 2 N–H and O–H groups in total. The van der Waals surface area contributed by atoms with Gasteiger partial charge in [-0.05, 0) is 13.8 Å². The number of methoxy groups -OCH3 is 1. The molecule has 0 fully saturated rings. The highest BCUT2D eigenvalue weighted by atomic mass is 31.2. The van der Waals surface area contributed by atoms with Crippen LogP contribution in [0.3, 0.4) is 0 Å². The van der Waals surface area contributed by atoms with E-state index in [2.05, 4.69) is 9.26 Å². The predicted octanol–water partition coefficient (Wildman–Crippen LogP) is 0.521. The van der Waals surface area contributed by atoms with Crippen molar-refractivity contribution in [2.24, 2.45) is 0 Å². The van der Waals surface area contributed by atoms with Crippen molar-refractivity contribution in [2.75, 3.05) is 13.7 Å². The Labute approximate surface area is 65.6 Å². The number of phosphoric ester groups is 1. The largest absolute Gasteiger partial charge is 0.470 e. The van der Waals surface area contributed by atoms with Crippen LogP contribution in [-0.4, -0.2) is 29.1 Å². The lowest BCUT2D eigenvalue weighted by Gasteiger charge is -2.23. The van der Waals surface area contributed by atoms with Gasteiger partial charge in [0.1, 0.15) is 0 Å². The number of ether oxygens (including phenoxy) is 1. The summed E-state index contributed by atoms with van der Waals surface area (Å²) in [6, 6.07) is 0. The molecule has 0 aromatic rings. The third-order valence-electron chi connectivity index (χ3n) is 0.858. The Morgan fingerprint density at radius 3 is 2.18 bits per heavy atom. The molecule has 0 amide bonds. The van der Waals surface area contributed by atoms with E-state index in [4.69, 9.17) is 9.79 Å². The first kappa shape index (κ1) is 11.1. The van der Waals surface area contributed by atoms with Crippen molar-refractivity contribution >= 4 is 7.82 Å². The number of rotatable bonds is 4. The van der Waals surface area contributed by atoms with Gasteiger partial charge in [-0.25, -0.2) is 4.57 Å². The Morgan fingerprint density at radius 2 is 1.91 bits per heavy atom. The van der Waals surface area contributed by atoms with Crippen LogP contribution in [0.25, 0.3) is 0 Å². The average Bonchev–Trinajstić information content (AvgIpc) is 1.55. The van der Waals surface area contributed by atoms with E-state index in [1.807, 2.05) is 0 Å². The molecule has 0 unspecified atom stereocenters. The van der Waals surface area contributed by atoms with Crippen LogP contribution in [-0.2, 0) is 13.8 Å². The smallest absolute Gasteiger partial charge is 0.382 e. The van der Waals surface area contributed by atoms with Gasteiger partial charge in [-0.1, -0.05) is 0 Å². The summed E-state index contributed by atoms with van der Waals surface area (Å²) in [4.78, 5) is 16.8. The monoisotopic (exact) mass is 184 g/mol. The van der Waals surface area contributed by atoms with E-state index in [-0.39, 0.29) is 6.61 Å². The Hall–Kier alpha value is 0.0700. The van der Waals surface area contributed by atoms with E-state index >= 15 is 0 Å². The van der Waals surface area contributed by atoms with Crippen molar-refractivity contribution in [3.63, 3.8) is 0 Å². The lowest BCUT2D eigenvalue weighted by atomic mass is 10.2. The summed E-state index contributed by atoms with van der Waals surface area (Å²) >= 11 is 0. The summed E-state index contributed by atoms with van der Waals surface area (Å²) in [5, 5.41) is 0. The van der Waals surface area contributed by atoms with E-state index in [0.717, 1.165) is 0 Å². The van der Waals surface area contributed by atoms with Crippen molar-refractivity contribution in [3.8, 4) is 0 Å². The molecule has 0 atom stereocenters. The summed E-state index contributed by atoms with van der Waals surface area (Å²) in [7, 11) is -2.96. The van der Waals surface area contributed by atoms with Gasteiger partial charge in [-0.3, -0.25) is 4.52 Å². The van der Waals surface area contributed by atoms with Gasteiger partial charge in [-0.15, -0.1) is 0 Å². The van der Waals surface area contributed by atoms with Crippen LogP contribution in [0.5, 0.6) is 0 Å². The quantitative estimate of drug-likeness (QED) is 0.623. The molecule has 0 aromatic carbocycles. The zero-order valence-corrected chi connectivity index (χ0v) is 7.67. The van der Waals surface area contributed by atoms with Crippen molar-refractivity contribution < 1.29 is 23.6 Å². The molecule has 6 heteroatoms. The van der Waals surface area contributed by atoms with Gasteiger partial charge in [0, 0.05) is 7.11 Å².